The maximum atomic E-state index is 5.84. The number of thiophene rings is 1. The first-order valence-electron chi connectivity index (χ1n) is 6.07. The average Bonchev–Trinajstić information content (AvgIpc) is 2.82. The summed E-state index contributed by atoms with van der Waals surface area (Å²) in [6, 6.07) is 10.1. The molecule has 3 nitrogen and oxygen atoms in total. The number of hydrogen-bond donors (Lipinski definition) is 1. The van der Waals surface area contributed by atoms with Crippen LogP contribution in [-0.2, 0) is 11.2 Å². The maximum absolute atomic E-state index is 5.84. The normalized spacial score (nSPS) is 12.6. The van der Waals surface area contributed by atoms with Crippen LogP contribution in [0.15, 0.2) is 36.5 Å². The second-order valence-corrected chi connectivity index (χ2v) is 5.43. The first-order chi connectivity index (χ1) is 8.79. The highest BCUT2D eigenvalue weighted by Crippen LogP contribution is 2.24. The number of nitrogens with two attached hydrogens (primary N) is 1. The molecule has 0 saturated heterocycles. The Labute approximate surface area is 112 Å². The molecule has 96 valence electrons. The van der Waals surface area contributed by atoms with Crippen LogP contribution < -0.4 is 5.73 Å². The van der Waals surface area contributed by atoms with Gasteiger partial charge in [-0.15, -0.1) is 11.3 Å². The van der Waals surface area contributed by atoms with Gasteiger partial charge in [0.15, 0.2) is 0 Å². The van der Waals surface area contributed by atoms with E-state index in [0.29, 0.717) is 13.2 Å². The van der Waals surface area contributed by atoms with Crippen LogP contribution >= 0.6 is 11.3 Å². The van der Waals surface area contributed by atoms with Crippen molar-refractivity contribution in [3.63, 3.8) is 0 Å². The van der Waals surface area contributed by atoms with Crippen molar-refractivity contribution in [1.29, 1.82) is 0 Å². The minimum Gasteiger partial charge on any atom is -0.371 e. The third-order valence-electron chi connectivity index (χ3n) is 2.70. The molecule has 0 aliphatic heterocycles. The molecule has 0 bridgehead atoms. The van der Waals surface area contributed by atoms with Gasteiger partial charge in [-0.2, -0.15) is 0 Å². The lowest BCUT2D eigenvalue weighted by atomic mass is 10.2. The summed E-state index contributed by atoms with van der Waals surface area (Å²) in [6.45, 7) is 3.26. The van der Waals surface area contributed by atoms with Gasteiger partial charge in [-0.25, -0.2) is 0 Å². The predicted molar refractivity (Wildman–Crippen MR) is 74.7 cm³/mol. The Balaban J connectivity index is 1.85. The van der Waals surface area contributed by atoms with Crippen LogP contribution in [0.4, 0.5) is 0 Å². The van der Waals surface area contributed by atoms with E-state index in [0.717, 1.165) is 12.1 Å². The zero-order valence-electron chi connectivity index (χ0n) is 10.5. The van der Waals surface area contributed by atoms with Crippen LogP contribution in [0.3, 0.4) is 0 Å². The van der Waals surface area contributed by atoms with Crippen molar-refractivity contribution in [3.05, 3.63) is 52.0 Å². The fourth-order valence-electron chi connectivity index (χ4n) is 1.74. The fourth-order valence-corrected chi connectivity index (χ4v) is 2.68. The molecule has 0 saturated carbocycles. The molecule has 2 heterocycles. The van der Waals surface area contributed by atoms with E-state index in [2.05, 4.69) is 24.0 Å². The number of aromatic nitrogens is 1. The lowest BCUT2D eigenvalue weighted by molar-refractivity contribution is 0.0629. The maximum Gasteiger partial charge on any atom is 0.104 e. The lowest BCUT2D eigenvalue weighted by Gasteiger charge is -2.14. The highest BCUT2D eigenvalue weighted by molar-refractivity contribution is 7.12. The zero-order chi connectivity index (χ0) is 12.8. The second kappa shape index (κ2) is 6.64. The number of pyridine rings is 1. The van der Waals surface area contributed by atoms with Gasteiger partial charge in [0.05, 0.1) is 6.61 Å². The highest BCUT2D eigenvalue weighted by Gasteiger charge is 2.11. The van der Waals surface area contributed by atoms with Gasteiger partial charge in [0.2, 0.25) is 0 Å². The molecule has 2 aromatic rings. The lowest BCUT2D eigenvalue weighted by Crippen LogP contribution is -2.16. The molecule has 2 rings (SSSR count). The van der Waals surface area contributed by atoms with Crippen LogP contribution in [-0.4, -0.2) is 18.1 Å². The monoisotopic (exact) mass is 262 g/mol. The van der Waals surface area contributed by atoms with Crippen molar-refractivity contribution >= 4 is 11.3 Å². The van der Waals surface area contributed by atoms with E-state index < -0.39 is 0 Å². The Morgan fingerprint density at radius 2 is 2.22 bits per heavy atom. The molecule has 1 unspecified atom stereocenters. The predicted octanol–water partition coefficient (Wildman–Crippen LogP) is 2.71. The van der Waals surface area contributed by atoms with E-state index in [1.165, 1.54) is 9.75 Å². The van der Waals surface area contributed by atoms with Crippen molar-refractivity contribution in [2.24, 2.45) is 5.73 Å². The molecule has 0 radical (unpaired) electrons. The summed E-state index contributed by atoms with van der Waals surface area (Å²) in [6.07, 6.45) is 2.63. The van der Waals surface area contributed by atoms with Gasteiger partial charge in [0.1, 0.15) is 6.10 Å². The summed E-state index contributed by atoms with van der Waals surface area (Å²) < 4.78 is 5.84. The number of ether oxygens (including phenoxy) is 1. The summed E-state index contributed by atoms with van der Waals surface area (Å²) >= 11 is 1.75. The average molecular weight is 262 g/mol. The smallest absolute Gasteiger partial charge is 0.104 e. The van der Waals surface area contributed by atoms with Crippen molar-refractivity contribution < 1.29 is 4.74 Å². The summed E-state index contributed by atoms with van der Waals surface area (Å²) in [5, 5.41) is 0. The van der Waals surface area contributed by atoms with Crippen LogP contribution in [0.1, 0.15) is 21.6 Å². The third-order valence-corrected chi connectivity index (χ3v) is 3.79. The van der Waals surface area contributed by atoms with Crippen molar-refractivity contribution in [3.8, 4) is 0 Å². The van der Waals surface area contributed by atoms with Gasteiger partial charge in [0, 0.05) is 34.6 Å². The third kappa shape index (κ3) is 3.63. The standard InChI is InChI=1S/C14H18N2OS/c1-11-5-6-14(18-11)13(10-15)17-9-7-12-4-2-3-8-16-12/h2-6,8,13H,7,9-10,15H2,1H3. The van der Waals surface area contributed by atoms with Gasteiger partial charge in [-0.1, -0.05) is 6.07 Å². The number of rotatable bonds is 6. The molecule has 1 atom stereocenters. The molecule has 0 fully saturated rings. The summed E-state index contributed by atoms with van der Waals surface area (Å²) in [4.78, 5) is 6.76. The van der Waals surface area contributed by atoms with Gasteiger partial charge < -0.3 is 10.5 Å². The minimum atomic E-state index is 0.00686. The van der Waals surface area contributed by atoms with Gasteiger partial charge in [-0.05, 0) is 31.2 Å². The topological polar surface area (TPSA) is 48.1 Å². The van der Waals surface area contributed by atoms with Crippen LogP contribution in [0.25, 0.3) is 0 Å². The zero-order valence-corrected chi connectivity index (χ0v) is 11.3. The summed E-state index contributed by atoms with van der Waals surface area (Å²) in [5.74, 6) is 0. The molecule has 2 N–H and O–H groups in total. The quantitative estimate of drug-likeness (QED) is 0.870. The molecule has 18 heavy (non-hydrogen) atoms. The van der Waals surface area contributed by atoms with Gasteiger partial charge >= 0.3 is 0 Å². The van der Waals surface area contributed by atoms with Crippen molar-refractivity contribution in [2.75, 3.05) is 13.2 Å². The Hall–Kier alpha value is -1.23. The highest BCUT2D eigenvalue weighted by atomic mass is 32.1. The second-order valence-electron chi connectivity index (χ2n) is 4.11. The molecular formula is C14H18N2OS. The molecule has 0 spiro atoms. The van der Waals surface area contributed by atoms with Crippen LogP contribution in [0.5, 0.6) is 0 Å². The first-order valence-corrected chi connectivity index (χ1v) is 6.89. The van der Waals surface area contributed by atoms with Crippen LogP contribution in [0.2, 0.25) is 0 Å². The van der Waals surface area contributed by atoms with Crippen molar-refractivity contribution in [1.82, 2.24) is 4.98 Å². The Kier molecular flexibility index (Phi) is 4.87. The van der Waals surface area contributed by atoms with E-state index in [9.17, 15) is 0 Å². The molecule has 2 aromatic heterocycles. The SMILES string of the molecule is Cc1ccc(C(CN)OCCc2ccccn2)s1. The Bertz CT molecular complexity index is 470. The Morgan fingerprint density at radius 1 is 1.33 bits per heavy atom. The molecule has 0 amide bonds. The minimum absolute atomic E-state index is 0.00686. The fraction of sp³-hybridized carbons (Fsp3) is 0.357. The molecule has 0 aliphatic carbocycles. The van der Waals surface area contributed by atoms with Crippen LogP contribution in [0, 0.1) is 6.92 Å². The molecule has 4 heteroatoms. The van der Waals surface area contributed by atoms with E-state index in [1.807, 2.05) is 18.2 Å². The largest absolute Gasteiger partial charge is 0.371 e. The number of aryl methyl sites for hydroxylation is 1. The molecule has 0 aromatic carbocycles. The summed E-state index contributed by atoms with van der Waals surface area (Å²) in [7, 11) is 0. The summed E-state index contributed by atoms with van der Waals surface area (Å²) in [5.41, 5.74) is 6.81. The Morgan fingerprint density at radius 3 is 2.83 bits per heavy atom. The van der Waals surface area contributed by atoms with E-state index in [4.69, 9.17) is 10.5 Å². The molecule has 0 aliphatic rings. The van der Waals surface area contributed by atoms with Gasteiger partial charge in [-0.3, -0.25) is 4.98 Å². The number of nitrogens with zero attached hydrogens (tertiary/aromatic N) is 1. The van der Waals surface area contributed by atoms with E-state index >= 15 is 0 Å². The molecular weight excluding hydrogens is 244 g/mol. The van der Waals surface area contributed by atoms with E-state index in [-0.39, 0.29) is 6.10 Å². The first kappa shape index (κ1) is 13.2. The van der Waals surface area contributed by atoms with Crippen molar-refractivity contribution in [2.45, 2.75) is 19.4 Å². The van der Waals surface area contributed by atoms with Gasteiger partial charge in [0.25, 0.3) is 0 Å². The number of hydrogen-bond acceptors (Lipinski definition) is 4. The van der Waals surface area contributed by atoms with E-state index in [1.54, 1.807) is 17.5 Å².